The van der Waals surface area contributed by atoms with E-state index in [-0.39, 0.29) is 6.47 Å². The lowest BCUT2D eigenvalue weighted by atomic mass is 11.7. The summed E-state index contributed by atoms with van der Waals surface area (Å²) < 4.78 is 0. The van der Waals surface area contributed by atoms with E-state index in [1.165, 1.54) is 0 Å². The molecule has 0 aromatic heterocycles. The molecule has 4 heteroatoms. The van der Waals surface area contributed by atoms with Crippen LogP contribution in [0.1, 0.15) is 0 Å². The number of hydrogen-bond donors (Lipinski definition) is 1. The van der Waals surface area contributed by atoms with Crippen LogP contribution in [0.2, 0.25) is 0 Å². The summed E-state index contributed by atoms with van der Waals surface area (Å²) in [4.78, 5) is 22.4. The summed E-state index contributed by atoms with van der Waals surface area (Å²) >= 11 is 0. The summed E-state index contributed by atoms with van der Waals surface area (Å²) in [5.74, 6) is 0. The number of carboxylic acid groups (broad SMARTS) is 1. The Morgan fingerprint density at radius 1 is 1.40 bits per heavy atom. The van der Waals surface area contributed by atoms with Gasteiger partial charge in [-0.2, -0.15) is 0 Å². The quantitative estimate of drug-likeness (QED) is 0.406. The van der Waals surface area contributed by atoms with Crippen molar-refractivity contribution in [1.82, 2.24) is 0 Å². The van der Waals surface area contributed by atoms with E-state index < -0.39 is 0 Å². The lowest BCUT2D eigenvalue weighted by Crippen LogP contribution is -1.49. The third kappa shape index (κ3) is 4.06. The van der Waals surface area contributed by atoms with Gasteiger partial charge in [-0.1, -0.05) is 0 Å². The van der Waals surface area contributed by atoms with Crippen LogP contribution < -0.4 is 0 Å². The van der Waals surface area contributed by atoms with Gasteiger partial charge in [0.25, 0.3) is 6.47 Å². The highest BCUT2D eigenvalue weighted by Crippen LogP contribution is 0.966. The summed E-state index contributed by atoms with van der Waals surface area (Å²) in [5, 5.41) is 6.89. The Balaban J connectivity index is 0. The molecular weight excluding hydrogens is 76.0 g/mol. The topological polar surface area (TPSA) is 71.4 Å². The van der Waals surface area contributed by atoms with E-state index >= 15 is 0 Å². The van der Waals surface area contributed by atoms with E-state index in [0.717, 1.165) is 0 Å². The second-order valence-electron chi connectivity index (χ2n) is 0.105. The predicted molar refractivity (Wildman–Crippen MR) is 15.4 cm³/mol. The maximum absolute atomic E-state index is 8.36. The minimum atomic E-state index is -0.250. The number of hydrogen-bond acceptors (Lipinski definition) is 3. The molecule has 0 saturated carbocycles. The van der Waals surface area contributed by atoms with Gasteiger partial charge in [0, 0.05) is 9.93 Å². The maximum atomic E-state index is 8.36. The molecule has 0 aromatic carbocycles. The molecular formula is CH2O4. The highest BCUT2D eigenvalue weighted by molar-refractivity contribution is 5.32. The smallest absolute Gasteiger partial charge is 0.290 e. The minimum absolute atomic E-state index is 0.250. The van der Waals surface area contributed by atoms with Crippen molar-refractivity contribution in [3.63, 3.8) is 0 Å². The first-order valence-corrected chi connectivity index (χ1v) is 0.661. The van der Waals surface area contributed by atoms with Crippen LogP contribution in [0.4, 0.5) is 0 Å². The molecule has 0 bridgehead atoms. The molecule has 0 rings (SSSR count). The largest absolute Gasteiger partial charge is 0.483 e. The van der Waals surface area contributed by atoms with Crippen molar-refractivity contribution in [2.24, 2.45) is 0 Å². The van der Waals surface area contributed by atoms with E-state index in [9.17, 15) is 0 Å². The molecule has 0 unspecified atom stereocenters. The fraction of sp³-hybridized carbons (Fsp3) is 0. The molecule has 0 fully saturated rings. The van der Waals surface area contributed by atoms with E-state index in [4.69, 9.17) is 19.8 Å². The molecule has 30 valence electrons. The summed E-state index contributed by atoms with van der Waals surface area (Å²) in [6.07, 6.45) is 0. The first-order valence-electron chi connectivity index (χ1n) is 0.661. The minimum Gasteiger partial charge on any atom is -0.483 e. The van der Waals surface area contributed by atoms with Crippen molar-refractivity contribution in [2.75, 3.05) is 0 Å². The normalized spacial score (nSPS) is 3.20. The average Bonchev–Trinajstić information content (AvgIpc) is 1.46. The molecule has 0 aliphatic heterocycles. The summed E-state index contributed by atoms with van der Waals surface area (Å²) in [6.45, 7) is -0.250. The van der Waals surface area contributed by atoms with Gasteiger partial charge in [0.1, 0.15) is 0 Å². The Bertz CT molecular complexity index is 17.6. The third-order valence-corrected chi connectivity index (χ3v) is 0. The Morgan fingerprint density at radius 3 is 1.40 bits per heavy atom. The zero-order valence-electron chi connectivity index (χ0n) is 2.25. The fourth-order valence-corrected chi connectivity index (χ4v) is 0. The van der Waals surface area contributed by atoms with E-state index in [0.29, 0.717) is 0 Å². The fourth-order valence-electron chi connectivity index (χ4n) is 0. The monoisotopic (exact) mass is 78.0 g/mol. The van der Waals surface area contributed by atoms with E-state index in [1.54, 1.807) is 0 Å². The molecule has 0 aliphatic carbocycles. The Morgan fingerprint density at radius 2 is 1.40 bits per heavy atom. The summed E-state index contributed by atoms with van der Waals surface area (Å²) in [5.41, 5.74) is 0. The molecule has 0 aromatic rings. The third-order valence-electron chi connectivity index (χ3n) is 0. The zero-order chi connectivity index (χ0) is 4.71. The van der Waals surface area contributed by atoms with Gasteiger partial charge in [-0.15, -0.1) is 0 Å². The molecule has 0 radical (unpaired) electrons. The first kappa shape index (κ1) is 8.95. The predicted octanol–water partition coefficient (Wildman–Crippen LogP) is -0.232. The van der Waals surface area contributed by atoms with Crippen LogP contribution in [0.15, 0.2) is 0 Å². The standard InChI is InChI=1S/CH2O2.O2/c2-1-3;1-2/h1H,(H,2,3);. The van der Waals surface area contributed by atoms with Crippen molar-refractivity contribution in [3.8, 4) is 0 Å². The average molecular weight is 78.0 g/mol. The lowest BCUT2D eigenvalue weighted by Gasteiger charge is -1.34. The molecule has 0 atom stereocenters. The Hall–Kier alpha value is -0.930. The lowest BCUT2D eigenvalue weighted by molar-refractivity contribution is -0.122. The molecule has 4 nitrogen and oxygen atoms in total. The molecule has 0 saturated heterocycles. The van der Waals surface area contributed by atoms with Gasteiger partial charge in [0.15, 0.2) is 0 Å². The van der Waals surface area contributed by atoms with Crippen LogP contribution in [0.25, 0.3) is 0 Å². The number of carbonyl (C=O) groups is 1. The first-order chi connectivity index (χ1) is 2.41. The van der Waals surface area contributed by atoms with Gasteiger partial charge in [0.2, 0.25) is 0 Å². The van der Waals surface area contributed by atoms with Gasteiger partial charge >= 0.3 is 0 Å². The van der Waals surface area contributed by atoms with Gasteiger partial charge < -0.3 is 5.11 Å². The molecule has 0 spiro atoms. The van der Waals surface area contributed by atoms with Gasteiger partial charge in [0.05, 0.1) is 0 Å². The molecule has 5 heavy (non-hydrogen) atoms. The molecule has 0 aliphatic rings. The van der Waals surface area contributed by atoms with Crippen LogP contribution >= 0.6 is 0 Å². The zero-order valence-corrected chi connectivity index (χ0v) is 2.25. The van der Waals surface area contributed by atoms with Gasteiger partial charge in [-0.25, -0.2) is 0 Å². The van der Waals surface area contributed by atoms with Crippen LogP contribution in [0, 0.1) is 9.93 Å². The van der Waals surface area contributed by atoms with Crippen molar-refractivity contribution >= 4 is 6.47 Å². The van der Waals surface area contributed by atoms with Crippen LogP contribution in [0.3, 0.4) is 0 Å². The van der Waals surface area contributed by atoms with Crippen molar-refractivity contribution < 1.29 is 9.90 Å². The second-order valence-corrected chi connectivity index (χ2v) is 0.105. The van der Waals surface area contributed by atoms with Crippen LogP contribution in [-0.4, -0.2) is 11.6 Å². The molecule has 1 N–H and O–H groups in total. The van der Waals surface area contributed by atoms with Crippen molar-refractivity contribution in [2.45, 2.75) is 0 Å². The Kier molecular flexibility index (Phi) is 4810. The SMILES string of the molecule is O=CO.O=O. The maximum Gasteiger partial charge on any atom is 0.290 e. The highest BCUT2D eigenvalue weighted by atomic mass is 16.7. The van der Waals surface area contributed by atoms with Crippen LogP contribution in [-0.2, 0) is 4.79 Å². The van der Waals surface area contributed by atoms with Crippen molar-refractivity contribution in [3.05, 3.63) is 9.93 Å². The van der Waals surface area contributed by atoms with Crippen molar-refractivity contribution in [1.29, 1.82) is 0 Å². The van der Waals surface area contributed by atoms with Crippen LogP contribution in [0.5, 0.6) is 0 Å². The molecule has 0 heterocycles. The van der Waals surface area contributed by atoms with E-state index in [1.807, 2.05) is 0 Å². The highest BCUT2D eigenvalue weighted by Gasteiger charge is 1.22. The number of rotatable bonds is 0. The Labute approximate surface area is 27.6 Å². The van der Waals surface area contributed by atoms with Gasteiger partial charge in [-0.05, 0) is 0 Å². The second kappa shape index (κ2) is 2680. The van der Waals surface area contributed by atoms with Gasteiger partial charge in [-0.3, -0.25) is 4.79 Å². The summed E-state index contributed by atoms with van der Waals surface area (Å²) in [6, 6.07) is 0. The summed E-state index contributed by atoms with van der Waals surface area (Å²) in [7, 11) is 0. The molecule has 0 amide bonds. The van der Waals surface area contributed by atoms with E-state index in [2.05, 4.69) is 0 Å².